The van der Waals surface area contributed by atoms with Gasteiger partial charge in [0.05, 0.1) is 12.6 Å². The number of aliphatic carboxylic acids is 1. The van der Waals surface area contributed by atoms with Crippen molar-refractivity contribution >= 4 is 24.2 Å². The fourth-order valence-corrected chi connectivity index (χ4v) is 5.72. The molecule has 0 spiro atoms. The molecule has 0 unspecified atom stereocenters. The van der Waals surface area contributed by atoms with Crippen LogP contribution in [0.5, 0.6) is 0 Å². The highest BCUT2D eigenvalue weighted by atomic mass is 16.4. The van der Waals surface area contributed by atoms with E-state index in [9.17, 15) is 24.3 Å². The number of hydrogen-bond donors (Lipinski definition) is 2. The molecule has 2 saturated heterocycles. The van der Waals surface area contributed by atoms with E-state index in [2.05, 4.69) is 55.4 Å². The zero-order valence-electron chi connectivity index (χ0n) is 29.0. The van der Waals surface area contributed by atoms with Gasteiger partial charge in [-0.15, -0.1) is 0 Å². The molecule has 45 heavy (non-hydrogen) atoms. The number of piperidine rings is 1. The van der Waals surface area contributed by atoms with Crippen molar-refractivity contribution in [3.8, 4) is 0 Å². The Bertz CT molecular complexity index is 1040. The van der Waals surface area contributed by atoms with E-state index in [4.69, 9.17) is 0 Å². The molecule has 0 radical (unpaired) electrons. The Kier molecular flexibility index (Phi) is 19.8. The van der Waals surface area contributed by atoms with Crippen molar-refractivity contribution < 1.29 is 24.3 Å². The number of nitrogens with one attached hydrogen (secondary N) is 1. The van der Waals surface area contributed by atoms with Crippen molar-refractivity contribution in [3.63, 3.8) is 0 Å². The van der Waals surface area contributed by atoms with Crippen LogP contribution in [0.3, 0.4) is 0 Å². The summed E-state index contributed by atoms with van der Waals surface area (Å²) in [6, 6.07) is 7.68. The van der Waals surface area contributed by atoms with E-state index in [1.54, 1.807) is 31.2 Å². The molecule has 2 fully saturated rings. The highest BCUT2D eigenvalue weighted by Gasteiger charge is 2.34. The molecule has 2 heterocycles. The van der Waals surface area contributed by atoms with Crippen LogP contribution < -0.4 is 5.32 Å². The molecule has 9 heteroatoms. The topological polar surface area (TPSA) is 110 Å². The van der Waals surface area contributed by atoms with Crippen LogP contribution in [0.2, 0.25) is 0 Å². The number of carbonyl (C=O) groups excluding carboxylic acids is 3. The maximum Gasteiger partial charge on any atom is 0.326 e. The van der Waals surface area contributed by atoms with Crippen LogP contribution >= 0.6 is 0 Å². The third-order valence-corrected chi connectivity index (χ3v) is 8.26. The quantitative estimate of drug-likeness (QED) is 0.298. The van der Waals surface area contributed by atoms with Crippen LogP contribution in [0.25, 0.3) is 0 Å². The van der Waals surface area contributed by atoms with Crippen molar-refractivity contribution in [1.82, 2.24) is 20.0 Å². The maximum atomic E-state index is 12.6. The number of carboxylic acids is 1. The number of carboxylic acid groups (broad SMARTS) is 1. The lowest BCUT2D eigenvalue weighted by atomic mass is 9.92. The molecule has 0 saturated carbocycles. The smallest absolute Gasteiger partial charge is 0.326 e. The highest BCUT2D eigenvalue weighted by molar-refractivity contribution is 5.96. The summed E-state index contributed by atoms with van der Waals surface area (Å²) >= 11 is 0. The van der Waals surface area contributed by atoms with Crippen molar-refractivity contribution in [2.75, 3.05) is 40.3 Å². The van der Waals surface area contributed by atoms with Gasteiger partial charge in [0.15, 0.2) is 0 Å². The Labute approximate surface area is 272 Å². The number of hydrogen-bond acceptors (Lipinski definition) is 5. The number of fused-ring (bicyclic) bond motifs is 1. The second kappa shape index (κ2) is 22.3. The predicted molar refractivity (Wildman–Crippen MR) is 182 cm³/mol. The zero-order valence-corrected chi connectivity index (χ0v) is 29.0. The Balaban J connectivity index is 0.000000404. The Hall–Kier alpha value is -3.20. The first-order chi connectivity index (χ1) is 21.5. The average molecular weight is 629 g/mol. The third kappa shape index (κ3) is 14.6. The van der Waals surface area contributed by atoms with Gasteiger partial charge in [-0.05, 0) is 95.5 Å². The van der Waals surface area contributed by atoms with Crippen LogP contribution in [0.15, 0.2) is 35.9 Å². The molecule has 1 aromatic carbocycles. The van der Waals surface area contributed by atoms with Crippen molar-refractivity contribution in [3.05, 3.63) is 47.0 Å². The molecule has 1 aliphatic carbocycles. The molecule has 1 aromatic rings. The predicted octanol–water partition coefficient (Wildman–Crippen LogP) is 5.32. The second-order valence-electron chi connectivity index (χ2n) is 12.6. The summed E-state index contributed by atoms with van der Waals surface area (Å²) in [6.45, 7) is 12.7. The van der Waals surface area contributed by atoms with Crippen LogP contribution in [-0.2, 0) is 32.0 Å². The number of nitrogens with zero attached hydrogens (tertiary/aromatic N) is 3. The molecule has 2 N–H and O–H groups in total. The first-order valence-electron chi connectivity index (χ1n) is 16.9. The summed E-state index contributed by atoms with van der Waals surface area (Å²) in [4.78, 5) is 51.6. The van der Waals surface area contributed by atoms with Gasteiger partial charge in [-0.1, -0.05) is 70.9 Å². The molecular formula is C36H60N4O5. The van der Waals surface area contributed by atoms with Crippen LogP contribution in [0.4, 0.5) is 0 Å². The van der Waals surface area contributed by atoms with Crippen LogP contribution in [-0.4, -0.2) is 96.4 Å². The van der Waals surface area contributed by atoms with Gasteiger partial charge < -0.3 is 25.1 Å². The molecular weight excluding hydrogens is 568 g/mol. The van der Waals surface area contributed by atoms with Gasteiger partial charge in [0, 0.05) is 19.2 Å². The van der Waals surface area contributed by atoms with Gasteiger partial charge in [0.1, 0.15) is 6.04 Å². The van der Waals surface area contributed by atoms with E-state index >= 15 is 0 Å². The molecule has 254 valence electrons. The number of rotatable bonds is 8. The number of amides is 3. The fourth-order valence-electron chi connectivity index (χ4n) is 5.72. The van der Waals surface area contributed by atoms with Gasteiger partial charge in [-0.2, -0.15) is 0 Å². The molecule has 0 aromatic heterocycles. The Morgan fingerprint density at radius 1 is 0.978 bits per heavy atom. The van der Waals surface area contributed by atoms with E-state index in [1.807, 2.05) is 13.8 Å². The highest BCUT2D eigenvalue weighted by Crippen LogP contribution is 2.22. The minimum absolute atomic E-state index is 0.0433. The standard InChI is InChI=1S/C17H27N3O5.C10H12.C6H13N.C3H8/c1-11(2)14(19(4)15(22)9-18-10-21)8-12(3)16(23)20-7-5-6-13(20)17(24)25;1-2-6-10-8-4-3-7-9(10)5-1;1-7-5-3-2-4-6-7;1-3-2/h8,10-11,13-14H,5-7,9H2,1-4H3,(H,18,21)(H,24,25);1-2,5-6H,3-4,7-8H2;2-6H2,1H3;3H2,1-2H3/b12-8+;;;/t13-,14+;;;/m0.../s1. The Morgan fingerprint density at radius 3 is 1.98 bits per heavy atom. The van der Waals surface area contributed by atoms with E-state index in [0.717, 1.165) is 0 Å². The fraction of sp³-hybridized carbons (Fsp3) is 0.667. The van der Waals surface area contributed by atoms with E-state index in [1.165, 1.54) is 74.3 Å². The summed E-state index contributed by atoms with van der Waals surface area (Å²) < 4.78 is 0. The maximum absolute atomic E-state index is 12.6. The first-order valence-corrected chi connectivity index (χ1v) is 16.9. The molecule has 2 aliphatic heterocycles. The van der Waals surface area contributed by atoms with Crippen molar-refractivity contribution in [2.24, 2.45) is 5.92 Å². The molecule has 3 amide bonds. The van der Waals surface area contributed by atoms with Gasteiger partial charge >= 0.3 is 5.97 Å². The summed E-state index contributed by atoms with van der Waals surface area (Å²) in [7, 11) is 3.81. The minimum Gasteiger partial charge on any atom is -0.480 e. The van der Waals surface area contributed by atoms with Crippen LogP contribution in [0.1, 0.15) is 97.1 Å². The molecule has 9 nitrogen and oxygen atoms in total. The number of benzene rings is 1. The van der Waals surface area contributed by atoms with E-state index < -0.39 is 12.0 Å². The summed E-state index contributed by atoms with van der Waals surface area (Å²) in [5.74, 6) is -1.54. The number of carbonyl (C=O) groups is 4. The van der Waals surface area contributed by atoms with Crippen molar-refractivity contribution in [1.29, 1.82) is 0 Å². The zero-order chi connectivity index (χ0) is 33.8. The largest absolute Gasteiger partial charge is 0.480 e. The number of likely N-dealkylation sites (tertiary alicyclic amines) is 2. The third-order valence-electron chi connectivity index (χ3n) is 8.26. The van der Waals surface area contributed by atoms with Crippen LogP contribution in [0, 0.1) is 5.92 Å². The first kappa shape index (κ1) is 39.8. The second-order valence-corrected chi connectivity index (χ2v) is 12.6. The summed E-state index contributed by atoms with van der Waals surface area (Å²) in [5, 5.41) is 11.6. The van der Waals surface area contributed by atoms with Gasteiger partial charge in [-0.3, -0.25) is 14.4 Å². The SMILES string of the molecule is C/C(=C\[C@H](C(C)C)N(C)C(=O)CNC=O)C(=O)N1CCC[C@H]1C(=O)O.CCC.CN1CCCCC1.c1ccc2c(c1)CCCC2. The lowest BCUT2D eigenvalue weighted by Gasteiger charge is -2.30. The average Bonchev–Trinajstić information content (AvgIpc) is 3.53. The van der Waals surface area contributed by atoms with E-state index in [-0.39, 0.29) is 30.3 Å². The molecule has 4 rings (SSSR count). The van der Waals surface area contributed by atoms with Gasteiger partial charge in [0.25, 0.3) is 0 Å². The molecule has 3 aliphatic rings. The van der Waals surface area contributed by atoms with Crippen molar-refractivity contribution in [2.45, 2.75) is 111 Å². The lowest BCUT2D eigenvalue weighted by Crippen LogP contribution is -2.44. The van der Waals surface area contributed by atoms with E-state index in [0.29, 0.717) is 31.4 Å². The number of likely N-dealkylation sites (N-methyl/N-ethyl adjacent to an activating group) is 1. The Morgan fingerprint density at radius 2 is 1.53 bits per heavy atom. The monoisotopic (exact) mass is 628 g/mol. The number of aryl methyl sites for hydroxylation is 2. The molecule has 0 bridgehead atoms. The normalized spacial score (nSPS) is 18.4. The lowest BCUT2D eigenvalue weighted by molar-refractivity contribution is -0.146. The van der Waals surface area contributed by atoms with Gasteiger partial charge in [0.2, 0.25) is 18.2 Å². The summed E-state index contributed by atoms with van der Waals surface area (Å²) in [5.41, 5.74) is 3.57. The summed E-state index contributed by atoms with van der Waals surface area (Å²) in [6.07, 6.45) is 14.2. The van der Waals surface area contributed by atoms with Gasteiger partial charge in [-0.25, -0.2) is 4.79 Å². The molecule has 2 atom stereocenters. The minimum atomic E-state index is -0.994.